The van der Waals surface area contributed by atoms with Gasteiger partial charge in [-0.1, -0.05) is 6.07 Å². The maximum Gasteiger partial charge on any atom is 0.270 e. The van der Waals surface area contributed by atoms with Crippen molar-refractivity contribution in [2.45, 2.75) is 13.5 Å². The topological polar surface area (TPSA) is 146 Å². The number of benzene rings is 1. The van der Waals surface area contributed by atoms with Crippen LogP contribution in [0.15, 0.2) is 24.3 Å². The fourth-order valence-corrected chi connectivity index (χ4v) is 2.08. The second-order valence-corrected chi connectivity index (χ2v) is 5.22. The Balaban J connectivity index is 2.09. The van der Waals surface area contributed by atoms with E-state index in [4.69, 9.17) is 21.1 Å². The van der Waals surface area contributed by atoms with Gasteiger partial charge in [-0.2, -0.15) is 0 Å². The van der Waals surface area contributed by atoms with Crippen LogP contribution in [0.1, 0.15) is 27.6 Å². The number of carbonyl (C=O) groups is 1. The highest BCUT2D eigenvalue weighted by Gasteiger charge is 2.13. The van der Waals surface area contributed by atoms with Crippen molar-refractivity contribution >= 4 is 11.7 Å². The molecular weight excluding hydrogens is 343 g/mol. The third-order valence-corrected chi connectivity index (χ3v) is 3.27. The monoisotopic (exact) mass is 362 g/mol. The molecule has 6 N–H and O–H groups in total. The zero-order chi connectivity index (χ0) is 19.1. The third kappa shape index (κ3) is 4.94. The fourth-order valence-electron chi connectivity index (χ4n) is 2.08. The average molecular weight is 362 g/mol. The van der Waals surface area contributed by atoms with E-state index in [1.54, 1.807) is 6.92 Å². The van der Waals surface area contributed by atoms with Gasteiger partial charge in [-0.05, 0) is 30.7 Å². The van der Waals surface area contributed by atoms with Crippen molar-refractivity contribution in [1.29, 1.82) is 5.41 Å². The average Bonchev–Trinajstić information content (AvgIpc) is 2.64. The van der Waals surface area contributed by atoms with Crippen LogP contribution >= 0.6 is 0 Å². The number of hydrogen-bond donors (Lipinski definition) is 5. The predicted octanol–water partition coefficient (Wildman–Crippen LogP) is 0.0139. The first-order valence-corrected chi connectivity index (χ1v) is 7.66. The number of nitrogens with two attached hydrogens (primary N) is 1. The molecule has 0 bridgehead atoms. The number of aryl methyl sites for hydroxylation is 1. The highest BCUT2D eigenvalue weighted by atomic mass is 19.1. The molecule has 0 aliphatic heterocycles. The zero-order valence-corrected chi connectivity index (χ0v) is 14.0. The van der Waals surface area contributed by atoms with E-state index in [-0.39, 0.29) is 42.7 Å². The van der Waals surface area contributed by atoms with E-state index < -0.39 is 11.7 Å². The number of amides is 1. The summed E-state index contributed by atoms with van der Waals surface area (Å²) in [7, 11) is 0. The number of rotatable bonds is 7. The molecule has 2 aromatic rings. The number of aromatic nitrogens is 2. The minimum absolute atomic E-state index is 0.00608. The molecule has 0 radical (unpaired) electrons. The standard InChI is InChI=1S/C16H19FN6O3/c1-9-21-12(15(18)23-19)7-13(22-9)16(25)20-8-10-2-3-11(17)14(6-10)26-5-4-24/h2-3,6-7,24H,4-5,8,19H2,1H3,(H2,18,23)(H,20,25). The van der Waals surface area contributed by atoms with E-state index in [9.17, 15) is 9.18 Å². The lowest BCUT2D eigenvalue weighted by Gasteiger charge is -2.10. The maximum absolute atomic E-state index is 13.6. The van der Waals surface area contributed by atoms with Crippen LogP contribution < -0.4 is 21.3 Å². The number of nitrogens with one attached hydrogen (secondary N) is 3. The van der Waals surface area contributed by atoms with E-state index in [1.807, 2.05) is 0 Å². The quantitative estimate of drug-likeness (QED) is 0.202. The van der Waals surface area contributed by atoms with Crippen molar-refractivity contribution in [3.05, 3.63) is 52.9 Å². The molecule has 2 rings (SSSR count). The Morgan fingerprint density at radius 2 is 2.08 bits per heavy atom. The Morgan fingerprint density at radius 1 is 1.35 bits per heavy atom. The molecule has 0 spiro atoms. The summed E-state index contributed by atoms with van der Waals surface area (Å²) in [4.78, 5) is 20.3. The first-order chi connectivity index (χ1) is 12.4. The molecule has 0 atom stereocenters. The normalized spacial score (nSPS) is 10.3. The summed E-state index contributed by atoms with van der Waals surface area (Å²) in [5.74, 6) is 4.31. The van der Waals surface area contributed by atoms with Crippen LogP contribution in [0, 0.1) is 18.2 Å². The van der Waals surface area contributed by atoms with Crippen LogP contribution in [0.2, 0.25) is 0 Å². The molecule has 1 aromatic heterocycles. The lowest BCUT2D eigenvalue weighted by Crippen LogP contribution is -2.32. The molecular formula is C16H19FN6O3. The van der Waals surface area contributed by atoms with Gasteiger partial charge in [-0.3, -0.25) is 10.2 Å². The number of aliphatic hydroxyl groups excluding tert-OH is 1. The van der Waals surface area contributed by atoms with E-state index in [0.29, 0.717) is 11.4 Å². The van der Waals surface area contributed by atoms with Crippen molar-refractivity contribution in [1.82, 2.24) is 20.7 Å². The van der Waals surface area contributed by atoms with Crippen molar-refractivity contribution in [2.24, 2.45) is 5.84 Å². The first kappa shape index (κ1) is 19.2. The Bertz CT molecular complexity index is 815. The van der Waals surface area contributed by atoms with Gasteiger partial charge >= 0.3 is 0 Å². The van der Waals surface area contributed by atoms with E-state index in [1.165, 1.54) is 24.3 Å². The molecule has 0 saturated carbocycles. The number of aliphatic hydroxyl groups is 1. The largest absolute Gasteiger partial charge is 0.488 e. The number of hydrazine groups is 1. The molecule has 138 valence electrons. The van der Waals surface area contributed by atoms with Gasteiger partial charge < -0.3 is 20.6 Å². The molecule has 0 unspecified atom stereocenters. The van der Waals surface area contributed by atoms with Crippen LogP contribution in [-0.2, 0) is 6.54 Å². The van der Waals surface area contributed by atoms with E-state index in [0.717, 1.165) is 0 Å². The summed E-state index contributed by atoms with van der Waals surface area (Å²) in [6.45, 7) is 1.44. The van der Waals surface area contributed by atoms with Crippen molar-refractivity contribution < 1.29 is 19.0 Å². The van der Waals surface area contributed by atoms with Gasteiger partial charge in [0.25, 0.3) is 5.91 Å². The summed E-state index contributed by atoms with van der Waals surface area (Å²) >= 11 is 0. The van der Waals surface area contributed by atoms with Crippen LogP contribution in [0.4, 0.5) is 4.39 Å². The first-order valence-electron chi connectivity index (χ1n) is 7.66. The molecule has 0 fully saturated rings. The number of halogens is 1. The summed E-state index contributed by atoms with van der Waals surface area (Å²) < 4.78 is 18.7. The highest BCUT2D eigenvalue weighted by molar-refractivity contribution is 5.98. The second-order valence-electron chi connectivity index (χ2n) is 5.22. The van der Waals surface area contributed by atoms with Gasteiger partial charge in [0.2, 0.25) is 0 Å². The number of carbonyl (C=O) groups excluding carboxylic acids is 1. The van der Waals surface area contributed by atoms with Crippen molar-refractivity contribution in [2.75, 3.05) is 13.2 Å². The molecule has 1 aromatic carbocycles. The third-order valence-electron chi connectivity index (χ3n) is 3.27. The molecule has 10 heteroatoms. The lowest BCUT2D eigenvalue weighted by atomic mass is 10.2. The molecule has 0 saturated heterocycles. The van der Waals surface area contributed by atoms with Crippen LogP contribution in [-0.4, -0.2) is 40.0 Å². The minimum atomic E-state index is -0.558. The minimum Gasteiger partial charge on any atom is -0.488 e. The number of ether oxygens (including phenoxy) is 1. The fraction of sp³-hybridized carbons (Fsp3) is 0.250. The number of hydrogen-bond acceptors (Lipinski definition) is 7. The van der Waals surface area contributed by atoms with Gasteiger partial charge in [0.15, 0.2) is 17.4 Å². The summed E-state index contributed by atoms with van der Waals surface area (Å²) in [6, 6.07) is 5.50. The van der Waals surface area contributed by atoms with Gasteiger partial charge in [-0.25, -0.2) is 20.2 Å². The molecule has 9 nitrogen and oxygen atoms in total. The highest BCUT2D eigenvalue weighted by Crippen LogP contribution is 2.18. The molecule has 26 heavy (non-hydrogen) atoms. The molecule has 1 heterocycles. The molecule has 0 aliphatic rings. The van der Waals surface area contributed by atoms with Gasteiger partial charge in [-0.15, -0.1) is 0 Å². The summed E-state index contributed by atoms with van der Waals surface area (Å²) in [5.41, 5.74) is 3.02. The summed E-state index contributed by atoms with van der Waals surface area (Å²) in [5, 5.41) is 19.0. The van der Waals surface area contributed by atoms with Crippen LogP contribution in [0.3, 0.4) is 0 Å². The smallest absolute Gasteiger partial charge is 0.270 e. The number of nitrogens with zero attached hydrogens (tertiary/aromatic N) is 2. The van der Waals surface area contributed by atoms with Crippen LogP contribution in [0.5, 0.6) is 5.75 Å². The zero-order valence-electron chi connectivity index (χ0n) is 14.0. The predicted molar refractivity (Wildman–Crippen MR) is 91.1 cm³/mol. The van der Waals surface area contributed by atoms with Gasteiger partial charge in [0, 0.05) is 6.54 Å². The van der Waals surface area contributed by atoms with E-state index in [2.05, 4.69) is 20.7 Å². The van der Waals surface area contributed by atoms with Crippen LogP contribution in [0.25, 0.3) is 0 Å². The Labute approximate surface area is 148 Å². The Kier molecular flexibility index (Phi) is 6.53. The summed E-state index contributed by atoms with van der Waals surface area (Å²) in [6.07, 6.45) is 0. The van der Waals surface area contributed by atoms with Crippen molar-refractivity contribution in [3.63, 3.8) is 0 Å². The second kappa shape index (κ2) is 8.83. The Morgan fingerprint density at radius 3 is 2.77 bits per heavy atom. The molecule has 0 aliphatic carbocycles. The van der Waals surface area contributed by atoms with Gasteiger partial charge in [0.05, 0.1) is 6.61 Å². The van der Waals surface area contributed by atoms with E-state index >= 15 is 0 Å². The molecule has 1 amide bonds. The van der Waals surface area contributed by atoms with Gasteiger partial charge in [0.1, 0.15) is 23.8 Å². The Hall–Kier alpha value is -3.11. The maximum atomic E-state index is 13.6. The number of amidine groups is 1. The SMILES string of the molecule is Cc1nc(C(=N)NN)cc(C(=O)NCc2ccc(F)c(OCCO)c2)n1. The lowest BCUT2D eigenvalue weighted by molar-refractivity contribution is 0.0945. The van der Waals surface area contributed by atoms with Crippen molar-refractivity contribution in [3.8, 4) is 5.75 Å².